The van der Waals surface area contributed by atoms with Crippen molar-refractivity contribution in [3.8, 4) is 17.0 Å². The molecule has 1 aromatic carbocycles. The number of ketones is 1. The third-order valence-corrected chi connectivity index (χ3v) is 6.38. The average molecular weight is 425 g/mol. The molecule has 0 saturated heterocycles. The van der Waals surface area contributed by atoms with Crippen molar-refractivity contribution in [2.75, 3.05) is 18.5 Å². The summed E-state index contributed by atoms with van der Waals surface area (Å²) in [5.41, 5.74) is 8.30. The van der Waals surface area contributed by atoms with Gasteiger partial charge < -0.3 is 10.1 Å². The number of allylic oxidation sites excluding steroid dienone is 3. The van der Waals surface area contributed by atoms with E-state index in [4.69, 9.17) is 4.74 Å². The molecule has 3 aromatic rings. The number of pyridine rings is 2. The summed E-state index contributed by atoms with van der Waals surface area (Å²) in [4.78, 5) is 21.4. The van der Waals surface area contributed by atoms with Crippen molar-refractivity contribution >= 4 is 23.1 Å². The predicted molar refractivity (Wildman–Crippen MR) is 121 cm³/mol. The van der Waals surface area contributed by atoms with E-state index < -0.39 is 0 Å². The molecule has 0 bridgehead atoms. The normalized spacial score (nSPS) is 17.4. The molecule has 6 rings (SSSR count). The zero-order valence-electron chi connectivity index (χ0n) is 17.5. The maximum atomic E-state index is 15.2. The van der Waals surface area contributed by atoms with E-state index in [1.807, 2.05) is 25.3 Å². The van der Waals surface area contributed by atoms with Gasteiger partial charge in [-0.1, -0.05) is 0 Å². The number of nitrogens with one attached hydrogen (secondary N) is 1. The van der Waals surface area contributed by atoms with Crippen LogP contribution >= 0.6 is 0 Å². The Balaban J connectivity index is 1.44. The number of halogens is 1. The fourth-order valence-corrected chi connectivity index (χ4v) is 4.76. The van der Waals surface area contributed by atoms with Crippen LogP contribution in [-0.4, -0.2) is 28.9 Å². The zero-order chi connectivity index (χ0) is 21.8. The molecule has 3 aliphatic rings. The number of carbonyl (C=O) groups excluding carboxylic acids is 1. The summed E-state index contributed by atoms with van der Waals surface area (Å²) in [5.74, 6) is 0.205. The van der Waals surface area contributed by atoms with E-state index in [9.17, 15) is 4.79 Å². The van der Waals surface area contributed by atoms with Gasteiger partial charge in [-0.25, -0.2) is 9.37 Å². The number of carbonyl (C=O) groups is 1. The highest BCUT2D eigenvalue weighted by molar-refractivity contribution is 6.26. The topological polar surface area (TPSA) is 64.1 Å². The van der Waals surface area contributed by atoms with Gasteiger partial charge in [-0.2, -0.15) is 0 Å². The zero-order valence-corrected chi connectivity index (χ0v) is 17.5. The molecule has 0 spiro atoms. The Morgan fingerprint density at radius 2 is 2.03 bits per heavy atom. The molecule has 0 radical (unpaired) electrons. The Kier molecular flexibility index (Phi) is 4.21. The molecule has 0 unspecified atom stereocenters. The van der Waals surface area contributed by atoms with E-state index >= 15 is 4.39 Å². The molecule has 158 valence electrons. The second-order valence-corrected chi connectivity index (χ2v) is 8.37. The van der Waals surface area contributed by atoms with Gasteiger partial charge in [0.2, 0.25) is 5.88 Å². The van der Waals surface area contributed by atoms with Crippen molar-refractivity contribution in [1.29, 1.82) is 0 Å². The molecule has 6 heteroatoms. The van der Waals surface area contributed by atoms with Gasteiger partial charge in [0.15, 0.2) is 5.78 Å². The molecule has 0 amide bonds. The van der Waals surface area contributed by atoms with Crippen LogP contribution in [0.5, 0.6) is 5.88 Å². The second kappa shape index (κ2) is 7.12. The van der Waals surface area contributed by atoms with Gasteiger partial charge in [0, 0.05) is 48.3 Å². The van der Waals surface area contributed by atoms with Crippen LogP contribution in [0.15, 0.2) is 48.4 Å². The first-order valence-electron chi connectivity index (χ1n) is 10.7. The number of aromatic nitrogens is 2. The number of fused-ring (bicyclic) bond motifs is 3. The molecular weight excluding hydrogens is 405 g/mol. The summed E-state index contributed by atoms with van der Waals surface area (Å²) in [5, 5.41) is 3.30. The molecule has 2 aliphatic carbocycles. The van der Waals surface area contributed by atoms with Crippen LogP contribution in [-0.2, 0) is 17.6 Å². The van der Waals surface area contributed by atoms with Crippen molar-refractivity contribution in [3.05, 3.63) is 82.1 Å². The van der Waals surface area contributed by atoms with Crippen molar-refractivity contribution in [1.82, 2.24) is 9.97 Å². The lowest BCUT2D eigenvalue weighted by molar-refractivity contribution is -0.112. The first kappa shape index (κ1) is 18.9. The fourth-order valence-electron chi connectivity index (χ4n) is 4.76. The van der Waals surface area contributed by atoms with Crippen LogP contribution in [0.2, 0.25) is 0 Å². The minimum Gasteiger partial charge on any atom is -0.474 e. The van der Waals surface area contributed by atoms with Gasteiger partial charge in [0.25, 0.3) is 0 Å². The number of nitrogens with zero attached hydrogens (tertiary/aromatic N) is 2. The van der Waals surface area contributed by atoms with Crippen LogP contribution in [0.25, 0.3) is 22.8 Å². The Labute approximate surface area is 184 Å². The molecule has 0 saturated carbocycles. The summed E-state index contributed by atoms with van der Waals surface area (Å²) in [6, 6.07) is 5.29. The highest BCUT2D eigenvalue weighted by Crippen LogP contribution is 2.40. The highest BCUT2D eigenvalue weighted by Gasteiger charge is 2.28. The summed E-state index contributed by atoms with van der Waals surface area (Å²) < 4.78 is 20.8. The number of ether oxygens (including phenoxy) is 1. The van der Waals surface area contributed by atoms with E-state index in [-0.39, 0.29) is 18.0 Å². The summed E-state index contributed by atoms with van der Waals surface area (Å²) in [7, 11) is 0. The second-order valence-electron chi connectivity index (χ2n) is 8.37. The maximum Gasteiger partial charge on any atom is 0.237 e. The van der Waals surface area contributed by atoms with Crippen molar-refractivity contribution in [2.24, 2.45) is 0 Å². The van der Waals surface area contributed by atoms with Gasteiger partial charge in [0.1, 0.15) is 18.1 Å². The molecule has 0 fully saturated rings. The molecule has 1 aliphatic heterocycles. The quantitative estimate of drug-likeness (QED) is 0.611. The highest BCUT2D eigenvalue weighted by atomic mass is 19.1. The summed E-state index contributed by atoms with van der Waals surface area (Å²) in [6.07, 6.45) is 10.3. The first-order chi connectivity index (χ1) is 15.6. The lowest BCUT2D eigenvalue weighted by atomic mass is 9.95. The van der Waals surface area contributed by atoms with Gasteiger partial charge in [-0.05, 0) is 77.1 Å². The Morgan fingerprint density at radius 1 is 1.12 bits per heavy atom. The third-order valence-electron chi connectivity index (χ3n) is 6.38. The Morgan fingerprint density at radius 3 is 2.91 bits per heavy atom. The summed E-state index contributed by atoms with van der Waals surface area (Å²) in [6.45, 7) is 3.17. The largest absolute Gasteiger partial charge is 0.474 e. The lowest BCUT2D eigenvalue weighted by Gasteiger charge is -2.21. The fraction of sp³-hybridized carbons (Fsp3) is 0.192. The Hall–Kier alpha value is -3.80. The van der Waals surface area contributed by atoms with Gasteiger partial charge in [-0.3, -0.25) is 9.78 Å². The van der Waals surface area contributed by atoms with E-state index in [0.717, 1.165) is 39.9 Å². The summed E-state index contributed by atoms with van der Waals surface area (Å²) >= 11 is 0. The van der Waals surface area contributed by atoms with E-state index in [2.05, 4.69) is 21.4 Å². The number of hydrogen-bond donors (Lipinski definition) is 1. The third kappa shape index (κ3) is 2.94. The van der Waals surface area contributed by atoms with E-state index in [0.29, 0.717) is 35.7 Å². The van der Waals surface area contributed by atoms with Crippen molar-refractivity contribution in [2.45, 2.75) is 19.8 Å². The molecule has 1 N–H and O–H groups in total. The predicted octanol–water partition coefficient (Wildman–Crippen LogP) is 4.54. The number of anilines is 1. The van der Waals surface area contributed by atoms with E-state index in [1.165, 1.54) is 11.6 Å². The number of benzene rings is 1. The maximum absolute atomic E-state index is 15.2. The van der Waals surface area contributed by atoms with Gasteiger partial charge in [0.05, 0.1) is 0 Å². The molecule has 32 heavy (non-hydrogen) atoms. The lowest BCUT2D eigenvalue weighted by Crippen LogP contribution is -2.20. The van der Waals surface area contributed by atoms with Crippen LogP contribution in [0, 0.1) is 12.7 Å². The molecule has 0 atom stereocenters. The van der Waals surface area contributed by atoms with Gasteiger partial charge in [-0.15, -0.1) is 0 Å². The van der Waals surface area contributed by atoms with Crippen LogP contribution in [0.1, 0.15) is 27.8 Å². The molecule has 5 nitrogen and oxygen atoms in total. The monoisotopic (exact) mass is 425 g/mol. The van der Waals surface area contributed by atoms with E-state index in [1.54, 1.807) is 18.5 Å². The SMILES string of the molecule is Cc1c(-c2cc3c(cc2F)CC(=O)/C3=C\C2=Cc3cnccc3C2)cnc2c1NCCO2. The Bertz CT molecular complexity index is 1370. The van der Waals surface area contributed by atoms with Gasteiger partial charge >= 0.3 is 0 Å². The minimum absolute atomic E-state index is 0.0156. The van der Waals surface area contributed by atoms with Crippen molar-refractivity contribution < 1.29 is 13.9 Å². The molecule has 3 heterocycles. The number of rotatable bonds is 2. The number of Topliss-reactive ketones (excluding diaryl/α,β-unsaturated/α-hetero) is 1. The van der Waals surface area contributed by atoms with Crippen LogP contribution in [0.4, 0.5) is 10.1 Å². The van der Waals surface area contributed by atoms with Crippen molar-refractivity contribution in [3.63, 3.8) is 0 Å². The molecule has 2 aromatic heterocycles. The average Bonchev–Trinajstić information content (AvgIpc) is 3.34. The van der Waals surface area contributed by atoms with Crippen LogP contribution < -0.4 is 10.1 Å². The van der Waals surface area contributed by atoms with Crippen LogP contribution in [0.3, 0.4) is 0 Å². The number of hydrogen-bond acceptors (Lipinski definition) is 5. The first-order valence-corrected chi connectivity index (χ1v) is 10.7. The standard InChI is InChI=1S/C26H20FN3O2/c1-14-22(13-30-26-25(14)29-4-5-32-26)20-11-19-17(9-23(20)27)10-24(31)21(19)8-15-6-16-2-3-28-12-18(16)7-15/h2-3,7-9,11-13,29H,4-6,10H2,1H3/b21-8-. The molecular formula is C26H20FN3O2. The smallest absolute Gasteiger partial charge is 0.237 e. The minimum atomic E-state index is -0.349.